The number of nitrogens with zero attached hydrogens (tertiary/aromatic N) is 3. The van der Waals surface area contributed by atoms with Crippen molar-refractivity contribution in [1.29, 1.82) is 0 Å². The summed E-state index contributed by atoms with van der Waals surface area (Å²) in [6.07, 6.45) is 10.3. The van der Waals surface area contributed by atoms with Crippen molar-refractivity contribution < 1.29 is 14.3 Å². The average Bonchev–Trinajstić information content (AvgIpc) is 3.53. The molecule has 1 fully saturated rings. The van der Waals surface area contributed by atoms with E-state index in [4.69, 9.17) is 9.47 Å². The molecule has 43 heavy (non-hydrogen) atoms. The van der Waals surface area contributed by atoms with E-state index in [1.54, 1.807) is 0 Å². The minimum absolute atomic E-state index is 0.118. The number of hydrogen-bond acceptors (Lipinski definition) is 5. The van der Waals surface area contributed by atoms with Crippen LogP contribution in [0.3, 0.4) is 0 Å². The molecule has 6 rings (SSSR count). The number of fused-ring (bicyclic) bond motifs is 1. The summed E-state index contributed by atoms with van der Waals surface area (Å²) in [5.41, 5.74) is 6.69. The maximum atomic E-state index is 14.1. The van der Waals surface area contributed by atoms with Gasteiger partial charge in [0.15, 0.2) is 11.5 Å². The minimum atomic E-state index is 0.118. The highest BCUT2D eigenvalue weighted by molar-refractivity contribution is 5.94. The van der Waals surface area contributed by atoms with E-state index in [-0.39, 0.29) is 18.7 Å². The third-order valence-electron chi connectivity index (χ3n) is 8.70. The van der Waals surface area contributed by atoms with Gasteiger partial charge in [-0.3, -0.25) is 14.7 Å². The maximum absolute atomic E-state index is 14.1. The second-order valence-electron chi connectivity index (χ2n) is 11.7. The topological polar surface area (TPSA) is 54.9 Å². The lowest BCUT2D eigenvalue weighted by Gasteiger charge is -2.39. The van der Waals surface area contributed by atoms with E-state index in [2.05, 4.69) is 76.3 Å². The lowest BCUT2D eigenvalue weighted by atomic mass is 9.98. The number of aromatic nitrogens is 1. The molecule has 0 spiro atoms. The second-order valence-corrected chi connectivity index (χ2v) is 11.7. The third kappa shape index (κ3) is 7.26. The molecule has 0 N–H and O–H groups in total. The van der Waals surface area contributed by atoms with E-state index >= 15 is 0 Å². The molecule has 0 unspecified atom stereocenters. The van der Waals surface area contributed by atoms with Crippen molar-refractivity contribution in [3.8, 4) is 22.6 Å². The summed E-state index contributed by atoms with van der Waals surface area (Å²) in [5.74, 6) is 1.69. The maximum Gasteiger partial charge on any atom is 0.254 e. The number of hydrogen-bond donors (Lipinski definition) is 0. The number of aryl methyl sites for hydroxylation is 1. The van der Waals surface area contributed by atoms with Gasteiger partial charge < -0.3 is 14.4 Å². The van der Waals surface area contributed by atoms with E-state index in [1.165, 1.54) is 30.4 Å². The molecule has 6 heteroatoms. The Labute approximate surface area is 255 Å². The molecule has 1 saturated heterocycles. The molecular weight excluding hydrogens is 534 g/mol. The predicted molar refractivity (Wildman–Crippen MR) is 170 cm³/mol. The fourth-order valence-electron chi connectivity index (χ4n) is 6.14. The highest BCUT2D eigenvalue weighted by Gasteiger charge is 2.29. The predicted octanol–water partition coefficient (Wildman–Crippen LogP) is 7.52. The zero-order valence-corrected chi connectivity index (χ0v) is 25.1. The fourth-order valence-corrected chi connectivity index (χ4v) is 6.14. The molecule has 3 heterocycles. The molecule has 6 nitrogen and oxygen atoms in total. The first-order valence-electron chi connectivity index (χ1n) is 15.7. The van der Waals surface area contributed by atoms with Gasteiger partial charge in [-0.05, 0) is 89.9 Å². The lowest BCUT2D eigenvalue weighted by molar-refractivity contribution is 0.0543. The zero-order chi connectivity index (χ0) is 29.4. The van der Waals surface area contributed by atoms with Crippen LogP contribution in [0.25, 0.3) is 11.1 Å². The van der Waals surface area contributed by atoms with Crippen molar-refractivity contribution in [2.24, 2.45) is 0 Å². The van der Waals surface area contributed by atoms with Gasteiger partial charge >= 0.3 is 0 Å². The van der Waals surface area contributed by atoms with Gasteiger partial charge in [0.1, 0.15) is 0 Å². The van der Waals surface area contributed by atoms with Gasteiger partial charge in [-0.1, -0.05) is 62.2 Å². The molecule has 2 aliphatic heterocycles. The van der Waals surface area contributed by atoms with Crippen molar-refractivity contribution in [3.63, 3.8) is 0 Å². The van der Waals surface area contributed by atoms with E-state index in [0.717, 1.165) is 72.6 Å². The van der Waals surface area contributed by atoms with Crippen molar-refractivity contribution in [2.45, 2.75) is 64.6 Å². The summed E-state index contributed by atoms with van der Waals surface area (Å²) in [4.78, 5) is 22.8. The van der Waals surface area contributed by atoms with E-state index in [1.807, 2.05) is 36.7 Å². The van der Waals surface area contributed by atoms with Gasteiger partial charge in [-0.25, -0.2) is 0 Å². The first kappa shape index (κ1) is 28.9. The van der Waals surface area contributed by atoms with Crippen molar-refractivity contribution >= 4 is 5.91 Å². The van der Waals surface area contributed by atoms with Crippen LogP contribution in [0.1, 0.15) is 66.1 Å². The second kappa shape index (κ2) is 13.9. The largest absolute Gasteiger partial charge is 0.454 e. The van der Waals surface area contributed by atoms with E-state index in [0.29, 0.717) is 6.54 Å². The fraction of sp³-hybridized carbons (Fsp3) is 0.351. The number of unbranched alkanes of at least 4 members (excludes halogenated alkanes) is 2. The normalized spacial score (nSPS) is 15.0. The number of carbonyl (C=O) groups is 1. The first-order chi connectivity index (χ1) is 21.2. The first-order valence-corrected chi connectivity index (χ1v) is 15.7. The number of likely N-dealkylation sites (tertiary alicyclic amines) is 1. The SMILES string of the molecule is CCCCCc1ccc(C(=O)N(Cc2ccc(-c3ccc4c(c3)OCO4)cc2)C2CCN(Cc3ccncc3)CC2)cc1. The van der Waals surface area contributed by atoms with Gasteiger partial charge in [0, 0.05) is 50.2 Å². The number of carbonyl (C=O) groups excluding carboxylic acids is 1. The quantitative estimate of drug-likeness (QED) is 0.173. The standard InChI is InChI=1S/C37H41N3O3/c1-2-3-4-5-28-6-12-32(13-7-28)37(41)40(34-18-22-39(23-19-34)25-30-16-20-38-21-17-30)26-29-8-10-31(11-9-29)33-14-15-35-36(24-33)43-27-42-35/h6-17,20-21,24,34H,2-5,18-19,22-23,25-27H2,1H3. The van der Waals surface area contributed by atoms with Crippen molar-refractivity contribution in [3.05, 3.63) is 114 Å². The number of ether oxygens (including phenoxy) is 2. The number of pyridine rings is 1. The number of rotatable bonds is 11. The Morgan fingerprint density at radius 2 is 1.51 bits per heavy atom. The molecule has 222 valence electrons. The average molecular weight is 576 g/mol. The smallest absolute Gasteiger partial charge is 0.254 e. The van der Waals surface area contributed by atoms with Crippen LogP contribution in [0, 0.1) is 0 Å². The Balaban J connectivity index is 1.17. The number of benzene rings is 3. The summed E-state index contributed by atoms with van der Waals surface area (Å²) < 4.78 is 11.0. The van der Waals surface area contributed by atoms with Crippen molar-refractivity contribution in [1.82, 2.24) is 14.8 Å². The molecule has 0 saturated carbocycles. The summed E-state index contributed by atoms with van der Waals surface area (Å²) in [6.45, 7) is 5.95. The van der Waals surface area contributed by atoms with Crippen LogP contribution in [-0.2, 0) is 19.5 Å². The molecule has 0 radical (unpaired) electrons. The van der Waals surface area contributed by atoms with Gasteiger partial charge in [0.2, 0.25) is 6.79 Å². The van der Waals surface area contributed by atoms with Crippen molar-refractivity contribution in [2.75, 3.05) is 19.9 Å². The van der Waals surface area contributed by atoms with Crippen LogP contribution in [0.5, 0.6) is 11.5 Å². The highest BCUT2D eigenvalue weighted by Crippen LogP contribution is 2.36. The molecular formula is C37H41N3O3. The van der Waals surface area contributed by atoms with Gasteiger partial charge in [-0.15, -0.1) is 0 Å². The molecule has 0 atom stereocenters. The summed E-state index contributed by atoms with van der Waals surface area (Å²) in [7, 11) is 0. The Bertz CT molecular complexity index is 1480. The molecule has 2 aliphatic rings. The molecule has 1 amide bonds. The Hall–Kier alpha value is -4.16. The minimum Gasteiger partial charge on any atom is -0.454 e. The van der Waals surface area contributed by atoms with Crippen LogP contribution in [0.2, 0.25) is 0 Å². The highest BCUT2D eigenvalue weighted by atomic mass is 16.7. The molecule has 0 bridgehead atoms. The summed E-state index contributed by atoms with van der Waals surface area (Å²) in [5, 5.41) is 0. The lowest BCUT2D eigenvalue weighted by Crippen LogP contribution is -2.46. The van der Waals surface area contributed by atoms with E-state index < -0.39 is 0 Å². The van der Waals surface area contributed by atoms with Crippen LogP contribution >= 0.6 is 0 Å². The van der Waals surface area contributed by atoms with E-state index in [9.17, 15) is 4.79 Å². The number of piperidine rings is 1. The molecule has 0 aliphatic carbocycles. The van der Waals surface area contributed by atoms with Crippen LogP contribution in [-0.4, -0.2) is 46.6 Å². The Morgan fingerprint density at radius 1 is 0.814 bits per heavy atom. The van der Waals surface area contributed by atoms with Gasteiger partial charge in [-0.2, -0.15) is 0 Å². The Kier molecular flexibility index (Phi) is 9.34. The van der Waals surface area contributed by atoms with Crippen LogP contribution in [0.15, 0.2) is 91.3 Å². The monoisotopic (exact) mass is 575 g/mol. The summed E-state index contributed by atoms with van der Waals surface area (Å²) in [6, 6.07) is 27.3. The summed E-state index contributed by atoms with van der Waals surface area (Å²) >= 11 is 0. The van der Waals surface area contributed by atoms with Gasteiger partial charge in [0.05, 0.1) is 0 Å². The third-order valence-corrected chi connectivity index (χ3v) is 8.70. The van der Waals surface area contributed by atoms with Gasteiger partial charge in [0.25, 0.3) is 5.91 Å². The van der Waals surface area contributed by atoms with Crippen LogP contribution < -0.4 is 9.47 Å². The molecule has 3 aromatic carbocycles. The molecule has 4 aromatic rings. The Morgan fingerprint density at radius 3 is 2.26 bits per heavy atom. The number of amides is 1. The van der Waals surface area contributed by atoms with Crippen LogP contribution in [0.4, 0.5) is 0 Å². The molecule has 1 aromatic heterocycles. The zero-order valence-electron chi connectivity index (χ0n) is 25.1.